The van der Waals surface area contributed by atoms with E-state index in [1.165, 1.54) is 28.0 Å². The van der Waals surface area contributed by atoms with Gasteiger partial charge in [0.25, 0.3) is 5.56 Å². The van der Waals surface area contributed by atoms with E-state index in [0.717, 1.165) is 10.0 Å². The molecule has 0 N–H and O–H groups in total. The highest BCUT2D eigenvalue weighted by molar-refractivity contribution is 9.10. The number of fused-ring (bicyclic) bond motifs is 1. The molecule has 1 atom stereocenters. The molecule has 0 amide bonds. The van der Waals surface area contributed by atoms with E-state index in [0.29, 0.717) is 38.5 Å². The summed E-state index contributed by atoms with van der Waals surface area (Å²) in [5, 5.41) is 0. The number of carbonyl (C=O) groups is 1. The number of rotatable bonds is 8. The maximum Gasteiger partial charge on any atom is 0.338 e. The summed E-state index contributed by atoms with van der Waals surface area (Å²) in [6.45, 7) is 5.89. The van der Waals surface area contributed by atoms with Crippen molar-refractivity contribution in [3.05, 3.63) is 138 Å². The van der Waals surface area contributed by atoms with Gasteiger partial charge in [-0.2, -0.15) is 0 Å². The molecule has 5 rings (SSSR count). The van der Waals surface area contributed by atoms with Crippen LogP contribution in [0.2, 0.25) is 0 Å². The van der Waals surface area contributed by atoms with Crippen molar-refractivity contribution in [1.29, 1.82) is 0 Å². The first-order chi connectivity index (χ1) is 19.4. The van der Waals surface area contributed by atoms with Gasteiger partial charge in [-0.1, -0.05) is 72.5 Å². The molecule has 2 heterocycles. The van der Waals surface area contributed by atoms with Gasteiger partial charge in [0, 0.05) is 5.56 Å². The molecule has 0 spiro atoms. The van der Waals surface area contributed by atoms with E-state index in [9.17, 15) is 14.0 Å². The minimum absolute atomic E-state index is 0.145. The predicted octanol–water partition coefficient (Wildman–Crippen LogP) is 5.40. The van der Waals surface area contributed by atoms with Crippen molar-refractivity contribution in [2.75, 3.05) is 13.2 Å². The van der Waals surface area contributed by atoms with Crippen LogP contribution in [0.25, 0.3) is 11.8 Å². The Balaban J connectivity index is 1.75. The van der Waals surface area contributed by atoms with Crippen LogP contribution in [0.5, 0.6) is 5.75 Å². The van der Waals surface area contributed by atoms with Crippen LogP contribution < -0.4 is 19.6 Å². The molecule has 0 unspecified atom stereocenters. The van der Waals surface area contributed by atoms with Gasteiger partial charge >= 0.3 is 5.97 Å². The van der Waals surface area contributed by atoms with Crippen LogP contribution in [0.3, 0.4) is 0 Å². The van der Waals surface area contributed by atoms with Crippen LogP contribution in [0.15, 0.2) is 105 Å². The Morgan fingerprint density at radius 3 is 2.58 bits per heavy atom. The lowest BCUT2D eigenvalue weighted by Gasteiger charge is -2.25. The zero-order valence-corrected chi connectivity index (χ0v) is 23.9. The SMILES string of the molecule is C=CCOc1ccc(/C=c2\sc3n(c2=O)[C@H](c2ccc(F)cc2)C(C(=O)OCC)=C(c2ccccc2)N=3)cc1Br. The lowest BCUT2D eigenvalue weighted by atomic mass is 9.93. The number of ether oxygens (including phenoxy) is 2. The number of aromatic nitrogens is 1. The Kier molecular flexibility index (Phi) is 8.23. The van der Waals surface area contributed by atoms with Gasteiger partial charge in [0.15, 0.2) is 4.80 Å². The largest absolute Gasteiger partial charge is 0.488 e. The Hall–Kier alpha value is -4.08. The summed E-state index contributed by atoms with van der Waals surface area (Å²) in [6.07, 6.45) is 3.43. The van der Waals surface area contributed by atoms with Crippen LogP contribution in [-0.2, 0) is 9.53 Å². The normalized spacial score (nSPS) is 14.9. The molecule has 0 saturated heterocycles. The van der Waals surface area contributed by atoms with Gasteiger partial charge in [-0.3, -0.25) is 9.36 Å². The van der Waals surface area contributed by atoms with Gasteiger partial charge in [0.2, 0.25) is 0 Å². The van der Waals surface area contributed by atoms with Gasteiger partial charge in [-0.15, -0.1) is 0 Å². The van der Waals surface area contributed by atoms with E-state index in [-0.39, 0.29) is 17.7 Å². The lowest BCUT2D eigenvalue weighted by Crippen LogP contribution is -2.40. The summed E-state index contributed by atoms with van der Waals surface area (Å²) in [5.74, 6) is -0.360. The number of nitrogens with zero attached hydrogens (tertiary/aromatic N) is 2. The first kappa shape index (κ1) is 27.5. The molecule has 1 aliphatic heterocycles. The van der Waals surface area contributed by atoms with Crippen molar-refractivity contribution in [3.8, 4) is 5.75 Å². The molecule has 1 aromatic heterocycles. The highest BCUT2D eigenvalue weighted by atomic mass is 79.9. The lowest BCUT2D eigenvalue weighted by molar-refractivity contribution is -0.138. The zero-order valence-electron chi connectivity index (χ0n) is 21.5. The Morgan fingerprint density at radius 2 is 1.90 bits per heavy atom. The minimum atomic E-state index is -0.866. The van der Waals surface area contributed by atoms with Gasteiger partial charge in [0.1, 0.15) is 18.2 Å². The molecule has 202 valence electrons. The van der Waals surface area contributed by atoms with Crippen molar-refractivity contribution in [2.24, 2.45) is 4.99 Å². The van der Waals surface area contributed by atoms with Crippen LogP contribution in [0, 0.1) is 5.82 Å². The molecule has 6 nitrogen and oxygen atoms in total. The van der Waals surface area contributed by atoms with E-state index in [1.54, 1.807) is 31.2 Å². The third-order valence-electron chi connectivity index (χ3n) is 6.17. The van der Waals surface area contributed by atoms with Gasteiger partial charge < -0.3 is 9.47 Å². The van der Waals surface area contributed by atoms with E-state index >= 15 is 0 Å². The fourth-order valence-electron chi connectivity index (χ4n) is 4.42. The fourth-order valence-corrected chi connectivity index (χ4v) is 5.94. The molecule has 3 aromatic carbocycles. The quantitative estimate of drug-likeness (QED) is 0.196. The number of benzene rings is 3. The standard InChI is InChI=1S/C31H24BrFN2O4S/c1-3-16-39-24-15-10-19(17-23(24)32)18-25-29(36)35-28(21-11-13-22(33)14-12-21)26(30(37)38-4-2)27(34-31(35)40-25)20-8-6-5-7-9-20/h3,5-15,17-18,28H,1,4,16H2,2H3/b25-18-/t28-/m1/s1. The van der Waals surface area contributed by atoms with E-state index < -0.39 is 17.8 Å². The minimum Gasteiger partial charge on any atom is -0.488 e. The zero-order chi connectivity index (χ0) is 28.2. The van der Waals surface area contributed by atoms with Crippen LogP contribution >= 0.6 is 27.3 Å². The highest BCUT2D eigenvalue weighted by Gasteiger charge is 2.35. The molecule has 0 bridgehead atoms. The topological polar surface area (TPSA) is 69.9 Å². The van der Waals surface area contributed by atoms with E-state index in [1.807, 2.05) is 48.5 Å². The van der Waals surface area contributed by atoms with E-state index in [2.05, 4.69) is 22.5 Å². The van der Waals surface area contributed by atoms with Crippen molar-refractivity contribution in [2.45, 2.75) is 13.0 Å². The summed E-state index contributed by atoms with van der Waals surface area (Å²) in [6, 6.07) is 19.7. The third-order valence-corrected chi connectivity index (χ3v) is 7.77. The number of esters is 1. The van der Waals surface area contributed by atoms with Gasteiger partial charge in [-0.05, 0) is 64.3 Å². The molecule has 9 heteroatoms. The number of carbonyl (C=O) groups excluding carboxylic acids is 1. The molecule has 0 radical (unpaired) electrons. The number of hydrogen-bond donors (Lipinski definition) is 0. The van der Waals surface area contributed by atoms with Crippen molar-refractivity contribution in [1.82, 2.24) is 4.57 Å². The fraction of sp³-hybridized carbons (Fsp3) is 0.129. The number of halogens is 2. The highest BCUT2D eigenvalue weighted by Crippen LogP contribution is 2.35. The average Bonchev–Trinajstić information content (AvgIpc) is 3.27. The maximum absolute atomic E-state index is 13.9. The summed E-state index contributed by atoms with van der Waals surface area (Å²) < 4.78 is 27.6. The summed E-state index contributed by atoms with van der Waals surface area (Å²) in [7, 11) is 0. The Morgan fingerprint density at radius 1 is 1.15 bits per heavy atom. The van der Waals surface area contributed by atoms with E-state index in [4.69, 9.17) is 14.5 Å². The van der Waals surface area contributed by atoms with Crippen LogP contribution in [0.4, 0.5) is 4.39 Å². The second-order valence-electron chi connectivity index (χ2n) is 8.77. The number of thiazole rings is 1. The first-order valence-corrected chi connectivity index (χ1v) is 14.1. The van der Waals surface area contributed by atoms with Crippen molar-refractivity contribution in [3.63, 3.8) is 0 Å². The monoisotopic (exact) mass is 618 g/mol. The maximum atomic E-state index is 13.9. The van der Waals surface area contributed by atoms with Crippen molar-refractivity contribution < 1.29 is 18.7 Å². The molecular formula is C31H24BrFN2O4S. The Labute approximate surface area is 242 Å². The molecule has 4 aromatic rings. The predicted molar refractivity (Wildman–Crippen MR) is 157 cm³/mol. The summed E-state index contributed by atoms with van der Waals surface area (Å²) in [4.78, 5) is 32.6. The number of hydrogen-bond acceptors (Lipinski definition) is 6. The van der Waals surface area contributed by atoms with Crippen LogP contribution in [0.1, 0.15) is 29.7 Å². The summed E-state index contributed by atoms with van der Waals surface area (Å²) >= 11 is 4.73. The molecule has 0 aliphatic carbocycles. The second-order valence-corrected chi connectivity index (χ2v) is 10.6. The molecule has 40 heavy (non-hydrogen) atoms. The Bertz CT molecular complexity index is 1790. The molecule has 0 saturated carbocycles. The first-order valence-electron chi connectivity index (χ1n) is 12.5. The molecular weight excluding hydrogens is 595 g/mol. The smallest absolute Gasteiger partial charge is 0.338 e. The third kappa shape index (κ3) is 5.48. The average molecular weight is 620 g/mol. The van der Waals surface area contributed by atoms with Crippen LogP contribution in [-0.4, -0.2) is 23.8 Å². The second kappa shape index (κ2) is 12.0. The van der Waals surface area contributed by atoms with Gasteiger partial charge in [-0.25, -0.2) is 14.2 Å². The van der Waals surface area contributed by atoms with Crippen molar-refractivity contribution >= 4 is 45.0 Å². The summed E-state index contributed by atoms with van der Waals surface area (Å²) in [5.41, 5.74) is 2.34. The molecule has 1 aliphatic rings. The van der Waals surface area contributed by atoms with Gasteiger partial charge in [0.05, 0.1) is 32.9 Å². The molecule has 0 fully saturated rings.